The molecule has 0 aliphatic heterocycles. The zero-order chi connectivity index (χ0) is 13.3. The number of nitrogens with zero attached hydrogens (tertiary/aromatic N) is 1. The Balaban J connectivity index is 1.82. The molecule has 0 saturated heterocycles. The molecule has 0 bridgehead atoms. The van der Waals surface area contributed by atoms with E-state index in [0.717, 1.165) is 25.3 Å². The summed E-state index contributed by atoms with van der Waals surface area (Å²) in [6.45, 7) is 4.09. The van der Waals surface area contributed by atoms with Crippen molar-refractivity contribution in [2.75, 3.05) is 12.3 Å². The van der Waals surface area contributed by atoms with Gasteiger partial charge in [-0.2, -0.15) is 0 Å². The monoisotopic (exact) mass is 272 g/mol. The van der Waals surface area contributed by atoms with E-state index in [0.29, 0.717) is 0 Å². The number of rotatable bonds is 7. The second-order valence-corrected chi connectivity index (χ2v) is 5.52. The van der Waals surface area contributed by atoms with Gasteiger partial charge in [-0.25, -0.2) is 0 Å². The van der Waals surface area contributed by atoms with Crippen LogP contribution in [-0.2, 0) is 13.0 Å². The Labute approximate surface area is 119 Å². The van der Waals surface area contributed by atoms with E-state index in [4.69, 9.17) is 0 Å². The molecule has 1 N–H and O–H groups in total. The molecule has 0 aliphatic rings. The summed E-state index contributed by atoms with van der Waals surface area (Å²) in [7, 11) is 0. The van der Waals surface area contributed by atoms with Crippen molar-refractivity contribution in [3.8, 4) is 0 Å². The van der Waals surface area contributed by atoms with Crippen molar-refractivity contribution >= 4 is 11.8 Å². The third kappa shape index (κ3) is 5.05. The highest BCUT2D eigenvalue weighted by molar-refractivity contribution is 7.99. The number of aryl methyl sites for hydroxylation is 1. The number of hydrogen-bond donors (Lipinski definition) is 1. The SMILES string of the molecule is CCNCc1cccc(SCCc2ccccn2)c1. The van der Waals surface area contributed by atoms with Gasteiger partial charge in [0.05, 0.1) is 0 Å². The summed E-state index contributed by atoms with van der Waals surface area (Å²) in [4.78, 5) is 5.68. The molecule has 0 spiro atoms. The molecule has 1 aromatic carbocycles. The minimum absolute atomic E-state index is 0.950. The van der Waals surface area contributed by atoms with E-state index in [9.17, 15) is 0 Å². The molecule has 2 nitrogen and oxygen atoms in total. The zero-order valence-corrected chi connectivity index (χ0v) is 12.1. The normalized spacial score (nSPS) is 10.6. The molecule has 100 valence electrons. The molecule has 3 heteroatoms. The maximum absolute atomic E-state index is 4.34. The van der Waals surface area contributed by atoms with Crippen LogP contribution in [0.3, 0.4) is 0 Å². The van der Waals surface area contributed by atoms with Crippen LogP contribution < -0.4 is 5.32 Å². The molecule has 0 amide bonds. The Morgan fingerprint density at radius 1 is 1.16 bits per heavy atom. The van der Waals surface area contributed by atoms with Crippen LogP contribution in [0.5, 0.6) is 0 Å². The van der Waals surface area contributed by atoms with E-state index in [2.05, 4.69) is 47.6 Å². The molecule has 0 radical (unpaired) electrons. The third-order valence-corrected chi connectivity index (χ3v) is 3.83. The average Bonchev–Trinajstić information content (AvgIpc) is 2.47. The van der Waals surface area contributed by atoms with Gasteiger partial charge in [-0.15, -0.1) is 11.8 Å². The Kier molecular flexibility index (Phi) is 5.92. The number of pyridine rings is 1. The molecule has 1 heterocycles. The Morgan fingerprint density at radius 3 is 2.89 bits per heavy atom. The summed E-state index contributed by atoms with van der Waals surface area (Å²) in [6, 6.07) is 14.8. The highest BCUT2D eigenvalue weighted by Gasteiger charge is 1.98. The quantitative estimate of drug-likeness (QED) is 0.781. The molecular formula is C16H20N2S. The van der Waals surface area contributed by atoms with Crippen LogP contribution >= 0.6 is 11.8 Å². The first-order valence-electron chi connectivity index (χ1n) is 6.71. The van der Waals surface area contributed by atoms with Gasteiger partial charge in [0, 0.05) is 29.1 Å². The van der Waals surface area contributed by atoms with Crippen LogP contribution in [0.4, 0.5) is 0 Å². The molecule has 2 rings (SSSR count). The highest BCUT2D eigenvalue weighted by atomic mass is 32.2. The number of nitrogens with one attached hydrogen (secondary N) is 1. The summed E-state index contributed by atoms with van der Waals surface area (Å²) in [6.07, 6.45) is 2.87. The van der Waals surface area contributed by atoms with Crippen LogP contribution in [0.15, 0.2) is 53.6 Å². The fourth-order valence-electron chi connectivity index (χ4n) is 1.83. The lowest BCUT2D eigenvalue weighted by atomic mass is 10.2. The van der Waals surface area contributed by atoms with Gasteiger partial charge in [0.25, 0.3) is 0 Å². The van der Waals surface area contributed by atoms with Crippen LogP contribution in [0, 0.1) is 0 Å². The summed E-state index contributed by atoms with van der Waals surface area (Å²) in [5, 5.41) is 3.35. The minimum Gasteiger partial charge on any atom is -0.313 e. The molecule has 0 saturated carbocycles. The van der Waals surface area contributed by atoms with E-state index < -0.39 is 0 Å². The molecule has 0 fully saturated rings. The van der Waals surface area contributed by atoms with Crippen LogP contribution in [0.1, 0.15) is 18.2 Å². The molecule has 0 unspecified atom stereocenters. The fraction of sp³-hybridized carbons (Fsp3) is 0.312. The minimum atomic E-state index is 0.950. The highest BCUT2D eigenvalue weighted by Crippen LogP contribution is 2.20. The van der Waals surface area contributed by atoms with Gasteiger partial charge in [0.1, 0.15) is 0 Å². The maximum atomic E-state index is 4.34. The van der Waals surface area contributed by atoms with Gasteiger partial charge in [-0.05, 0) is 42.8 Å². The first-order valence-corrected chi connectivity index (χ1v) is 7.69. The largest absolute Gasteiger partial charge is 0.313 e. The van der Waals surface area contributed by atoms with E-state index in [1.807, 2.05) is 30.1 Å². The molecular weight excluding hydrogens is 252 g/mol. The third-order valence-electron chi connectivity index (χ3n) is 2.83. The maximum Gasteiger partial charge on any atom is 0.0411 e. The van der Waals surface area contributed by atoms with E-state index in [1.54, 1.807) is 0 Å². The zero-order valence-electron chi connectivity index (χ0n) is 11.3. The lowest BCUT2D eigenvalue weighted by molar-refractivity contribution is 0.725. The standard InChI is InChI=1S/C16H20N2S/c1-2-17-13-14-6-5-8-16(12-14)19-11-9-15-7-3-4-10-18-15/h3-8,10,12,17H,2,9,11,13H2,1H3. The van der Waals surface area contributed by atoms with E-state index in [1.165, 1.54) is 16.2 Å². The summed E-state index contributed by atoms with van der Waals surface area (Å²) in [5.74, 6) is 1.07. The topological polar surface area (TPSA) is 24.9 Å². The fourth-order valence-corrected chi connectivity index (χ4v) is 2.79. The van der Waals surface area contributed by atoms with Crippen LogP contribution in [-0.4, -0.2) is 17.3 Å². The summed E-state index contributed by atoms with van der Waals surface area (Å²) in [5.41, 5.74) is 2.52. The van der Waals surface area contributed by atoms with Gasteiger partial charge in [0.2, 0.25) is 0 Å². The van der Waals surface area contributed by atoms with Gasteiger partial charge in [-0.1, -0.05) is 25.1 Å². The average molecular weight is 272 g/mol. The number of thioether (sulfide) groups is 1. The molecule has 0 atom stereocenters. The number of hydrogen-bond acceptors (Lipinski definition) is 3. The predicted octanol–water partition coefficient (Wildman–Crippen LogP) is 3.53. The van der Waals surface area contributed by atoms with Crippen molar-refractivity contribution in [3.05, 3.63) is 59.9 Å². The Bertz CT molecular complexity index is 485. The van der Waals surface area contributed by atoms with Crippen molar-refractivity contribution in [1.82, 2.24) is 10.3 Å². The molecule has 19 heavy (non-hydrogen) atoms. The predicted molar refractivity (Wildman–Crippen MR) is 82.5 cm³/mol. The second kappa shape index (κ2) is 7.97. The van der Waals surface area contributed by atoms with Gasteiger partial charge >= 0.3 is 0 Å². The first kappa shape index (κ1) is 14.1. The van der Waals surface area contributed by atoms with Crippen molar-refractivity contribution < 1.29 is 0 Å². The lowest BCUT2D eigenvalue weighted by Gasteiger charge is -2.05. The smallest absolute Gasteiger partial charge is 0.0411 e. The van der Waals surface area contributed by atoms with Crippen LogP contribution in [0.25, 0.3) is 0 Å². The van der Waals surface area contributed by atoms with Gasteiger partial charge < -0.3 is 5.32 Å². The van der Waals surface area contributed by atoms with Crippen molar-refractivity contribution in [2.45, 2.75) is 24.8 Å². The summed E-state index contributed by atoms with van der Waals surface area (Å²) < 4.78 is 0. The number of benzene rings is 1. The van der Waals surface area contributed by atoms with Crippen LogP contribution in [0.2, 0.25) is 0 Å². The van der Waals surface area contributed by atoms with Crippen molar-refractivity contribution in [3.63, 3.8) is 0 Å². The summed E-state index contributed by atoms with van der Waals surface area (Å²) >= 11 is 1.90. The van der Waals surface area contributed by atoms with Crippen molar-refractivity contribution in [1.29, 1.82) is 0 Å². The first-order chi connectivity index (χ1) is 9.38. The second-order valence-electron chi connectivity index (χ2n) is 4.35. The Morgan fingerprint density at radius 2 is 2.11 bits per heavy atom. The molecule has 1 aromatic heterocycles. The lowest BCUT2D eigenvalue weighted by Crippen LogP contribution is -2.11. The van der Waals surface area contributed by atoms with Gasteiger partial charge in [-0.3, -0.25) is 4.98 Å². The molecule has 0 aliphatic carbocycles. The van der Waals surface area contributed by atoms with Crippen molar-refractivity contribution in [2.24, 2.45) is 0 Å². The Hall–Kier alpha value is -1.32. The van der Waals surface area contributed by atoms with E-state index >= 15 is 0 Å². The molecule has 2 aromatic rings. The van der Waals surface area contributed by atoms with E-state index in [-0.39, 0.29) is 0 Å². The number of aromatic nitrogens is 1. The van der Waals surface area contributed by atoms with Gasteiger partial charge in [0.15, 0.2) is 0 Å².